The topological polar surface area (TPSA) is 93.6 Å². The van der Waals surface area contributed by atoms with Gasteiger partial charge in [-0.1, -0.05) is 0 Å². The summed E-state index contributed by atoms with van der Waals surface area (Å²) in [4.78, 5) is 27.4. The number of aromatic amines is 1. The zero-order valence-corrected chi connectivity index (χ0v) is 14.6. The number of hydrogen-bond acceptors (Lipinski definition) is 5. The van der Waals surface area contributed by atoms with E-state index in [0.717, 1.165) is 5.56 Å². The van der Waals surface area contributed by atoms with Crippen LogP contribution in [0.1, 0.15) is 15.9 Å². The van der Waals surface area contributed by atoms with Crippen molar-refractivity contribution in [2.45, 2.75) is 6.92 Å². The highest BCUT2D eigenvalue weighted by molar-refractivity contribution is 6.04. The van der Waals surface area contributed by atoms with E-state index in [1.165, 1.54) is 26.5 Å². The van der Waals surface area contributed by atoms with Crippen LogP contribution in [0.3, 0.4) is 0 Å². The Morgan fingerprint density at radius 1 is 1.12 bits per heavy atom. The Balaban J connectivity index is 1.88. The third-order valence-corrected chi connectivity index (χ3v) is 3.92. The molecule has 134 valence electrons. The Bertz CT molecular complexity index is 990. The number of nitrogens with one attached hydrogen (secondary N) is 2. The molecule has 2 aromatic heterocycles. The van der Waals surface area contributed by atoms with Crippen LogP contribution in [0, 0.1) is 6.92 Å². The van der Waals surface area contributed by atoms with Crippen LogP contribution in [-0.4, -0.2) is 25.1 Å². The predicted octanol–water partition coefficient (Wildman–Crippen LogP) is 3.21. The van der Waals surface area contributed by atoms with Crippen LogP contribution in [0.25, 0.3) is 11.5 Å². The van der Waals surface area contributed by atoms with E-state index in [2.05, 4.69) is 10.3 Å². The number of carbonyl (C=O) groups excluding carboxylic acids is 1. The standard InChI is InChI=1S/C19H18N2O5/c1-11-9-16(24-2)17(25-3)10-14(11)21-19(23)12-6-7-13(20-18(12)22)15-5-4-8-26-15/h4-10H,1-3H3,(H,20,22)(H,21,23). The molecule has 0 spiro atoms. The second kappa shape index (κ2) is 7.18. The van der Waals surface area contributed by atoms with Crippen LogP contribution in [0.4, 0.5) is 5.69 Å². The molecule has 0 aliphatic heterocycles. The molecule has 0 fully saturated rings. The largest absolute Gasteiger partial charge is 0.493 e. The van der Waals surface area contributed by atoms with Crippen molar-refractivity contribution in [1.82, 2.24) is 4.98 Å². The summed E-state index contributed by atoms with van der Waals surface area (Å²) >= 11 is 0. The van der Waals surface area contributed by atoms with E-state index in [0.29, 0.717) is 28.6 Å². The van der Waals surface area contributed by atoms with E-state index in [1.54, 1.807) is 30.3 Å². The lowest BCUT2D eigenvalue weighted by Gasteiger charge is -2.13. The SMILES string of the molecule is COc1cc(C)c(NC(=O)c2ccc(-c3ccco3)[nH]c2=O)cc1OC. The Kier molecular flexibility index (Phi) is 4.79. The number of benzene rings is 1. The molecule has 26 heavy (non-hydrogen) atoms. The Hall–Kier alpha value is -3.48. The van der Waals surface area contributed by atoms with Crippen LogP contribution in [-0.2, 0) is 0 Å². The summed E-state index contributed by atoms with van der Waals surface area (Å²) in [6.07, 6.45) is 1.51. The summed E-state index contributed by atoms with van der Waals surface area (Å²) < 4.78 is 15.7. The number of methoxy groups -OCH3 is 2. The molecule has 7 nitrogen and oxygen atoms in total. The smallest absolute Gasteiger partial charge is 0.261 e. The molecule has 3 aromatic rings. The predicted molar refractivity (Wildman–Crippen MR) is 97.0 cm³/mol. The third-order valence-electron chi connectivity index (χ3n) is 3.92. The number of anilines is 1. The maximum Gasteiger partial charge on any atom is 0.261 e. The van der Waals surface area contributed by atoms with Gasteiger partial charge in [-0.2, -0.15) is 0 Å². The molecule has 0 radical (unpaired) electrons. The summed E-state index contributed by atoms with van der Waals surface area (Å²) in [6, 6.07) is 9.92. The molecular weight excluding hydrogens is 336 g/mol. The summed E-state index contributed by atoms with van der Waals surface area (Å²) in [5.41, 5.74) is 1.30. The third kappa shape index (κ3) is 3.32. The van der Waals surface area contributed by atoms with Gasteiger partial charge in [0.25, 0.3) is 11.5 Å². The summed E-state index contributed by atoms with van der Waals surface area (Å²) in [5, 5.41) is 2.73. The molecule has 1 amide bonds. The van der Waals surface area contributed by atoms with Crippen LogP contribution in [0.5, 0.6) is 11.5 Å². The first-order chi connectivity index (χ1) is 12.5. The highest BCUT2D eigenvalue weighted by atomic mass is 16.5. The highest BCUT2D eigenvalue weighted by Crippen LogP contribution is 2.33. The fourth-order valence-electron chi connectivity index (χ4n) is 2.53. The average Bonchev–Trinajstić information content (AvgIpc) is 3.17. The van der Waals surface area contributed by atoms with Crippen LogP contribution >= 0.6 is 0 Å². The van der Waals surface area contributed by atoms with Gasteiger partial charge < -0.3 is 24.2 Å². The highest BCUT2D eigenvalue weighted by Gasteiger charge is 2.15. The summed E-state index contributed by atoms with van der Waals surface area (Å²) in [7, 11) is 3.05. The molecule has 0 bridgehead atoms. The minimum absolute atomic E-state index is 0.00510. The van der Waals surface area contributed by atoms with E-state index in [1.807, 2.05) is 6.92 Å². The molecule has 7 heteroatoms. The number of amides is 1. The van der Waals surface area contributed by atoms with Gasteiger partial charge >= 0.3 is 0 Å². The lowest BCUT2D eigenvalue weighted by atomic mass is 10.1. The van der Waals surface area contributed by atoms with Gasteiger partial charge in [0.1, 0.15) is 11.3 Å². The fraction of sp³-hybridized carbons (Fsp3) is 0.158. The number of H-pyrrole nitrogens is 1. The summed E-state index contributed by atoms with van der Waals surface area (Å²) in [6.45, 7) is 1.82. The number of hydrogen-bond donors (Lipinski definition) is 2. The van der Waals surface area contributed by atoms with Gasteiger partial charge in [0, 0.05) is 11.8 Å². The van der Waals surface area contributed by atoms with Crippen LogP contribution < -0.4 is 20.3 Å². The Morgan fingerprint density at radius 3 is 2.46 bits per heavy atom. The van der Waals surface area contributed by atoms with E-state index < -0.39 is 11.5 Å². The fourth-order valence-corrected chi connectivity index (χ4v) is 2.53. The van der Waals surface area contributed by atoms with Gasteiger partial charge in [-0.25, -0.2) is 0 Å². The Morgan fingerprint density at radius 2 is 1.85 bits per heavy atom. The number of rotatable bonds is 5. The number of furan rings is 1. The van der Waals surface area contributed by atoms with Crippen molar-refractivity contribution in [3.8, 4) is 23.0 Å². The number of pyridine rings is 1. The normalized spacial score (nSPS) is 10.4. The molecule has 0 aliphatic carbocycles. The number of ether oxygens (including phenoxy) is 2. The van der Waals surface area contributed by atoms with Gasteiger partial charge in [-0.3, -0.25) is 9.59 Å². The molecule has 0 unspecified atom stereocenters. The molecular formula is C19H18N2O5. The number of aromatic nitrogens is 1. The minimum atomic E-state index is -0.521. The Labute approximate surface area is 149 Å². The average molecular weight is 354 g/mol. The molecule has 2 N–H and O–H groups in total. The molecule has 0 aliphatic rings. The van der Waals surface area contributed by atoms with Crippen molar-refractivity contribution in [2.75, 3.05) is 19.5 Å². The van der Waals surface area contributed by atoms with Gasteiger partial charge in [0.15, 0.2) is 11.5 Å². The lowest BCUT2D eigenvalue weighted by molar-refractivity contribution is 0.102. The van der Waals surface area contributed by atoms with Gasteiger partial charge in [0.05, 0.1) is 26.2 Å². The molecule has 0 atom stereocenters. The first-order valence-corrected chi connectivity index (χ1v) is 7.84. The quantitative estimate of drug-likeness (QED) is 0.734. The zero-order valence-electron chi connectivity index (χ0n) is 14.6. The molecule has 1 aromatic carbocycles. The summed E-state index contributed by atoms with van der Waals surface area (Å²) in [5.74, 6) is 1.04. The van der Waals surface area contributed by atoms with Crippen LogP contribution in [0.15, 0.2) is 51.9 Å². The van der Waals surface area contributed by atoms with E-state index in [-0.39, 0.29) is 5.56 Å². The van der Waals surface area contributed by atoms with Gasteiger partial charge in [-0.05, 0) is 42.8 Å². The maximum absolute atomic E-state index is 12.5. The van der Waals surface area contributed by atoms with Crippen molar-refractivity contribution >= 4 is 11.6 Å². The zero-order chi connectivity index (χ0) is 18.7. The first kappa shape index (κ1) is 17.3. The minimum Gasteiger partial charge on any atom is -0.493 e. The van der Waals surface area contributed by atoms with E-state index in [9.17, 15) is 9.59 Å². The van der Waals surface area contributed by atoms with Crippen molar-refractivity contribution in [1.29, 1.82) is 0 Å². The van der Waals surface area contributed by atoms with Crippen molar-refractivity contribution in [3.63, 3.8) is 0 Å². The second-order valence-corrected chi connectivity index (χ2v) is 5.57. The van der Waals surface area contributed by atoms with Crippen LogP contribution in [0.2, 0.25) is 0 Å². The van der Waals surface area contributed by atoms with Crippen molar-refractivity contribution in [2.24, 2.45) is 0 Å². The van der Waals surface area contributed by atoms with Crippen molar-refractivity contribution in [3.05, 3.63) is 64.1 Å². The molecule has 0 saturated carbocycles. The van der Waals surface area contributed by atoms with Gasteiger partial charge in [0.2, 0.25) is 0 Å². The maximum atomic E-state index is 12.5. The molecule has 0 saturated heterocycles. The van der Waals surface area contributed by atoms with E-state index in [4.69, 9.17) is 13.9 Å². The van der Waals surface area contributed by atoms with E-state index >= 15 is 0 Å². The molecule has 2 heterocycles. The second-order valence-electron chi connectivity index (χ2n) is 5.57. The lowest BCUT2D eigenvalue weighted by Crippen LogP contribution is -2.23. The first-order valence-electron chi connectivity index (χ1n) is 7.84. The van der Waals surface area contributed by atoms with Gasteiger partial charge in [-0.15, -0.1) is 0 Å². The molecule has 3 rings (SSSR count). The number of carbonyl (C=O) groups is 1. The van der Waals surface area contributed by atoms with Crippen molar-refractivity contribution < 1.29 is 18.7 Å². The number of aryl methyl sites for hydroxylation is 1. The monoisotopic (exact) mass is 354 g/mol.